The first-order valence-corrected chi connectivity index (χ1v) is 9.06. The molecule has 0 saturated heterocycles. The molecule has 25 heavy (non-hydrogen) atoms. The lowest BCUT2D eigenvalue weighted by Crippen LogP contribution is -2.17. The molecule has 0 radical (unpaired) electrons. The van der Waals surface area contributed by atoms with Crippen LogP contribution in [0.5, 0.6) is 11.6 Å². The molecule has 1 aliphatic heterocycles. The number of aromatic nitrogens is 3. The zero-order valence-electron chi connectivity index (χ0n) is 13.1. The van der Waals surface area contributed by atoms with Crippen LogP contribution in [0.3, 0.4) is 0 Å². The third-order valence-corrected chi connectivity index (χ3v) is 4.76. The van der Waals surface area contributed by atoms with Gasteiger partial charge >= 0.3 is 0 Å². The minimum Gasteiger partial charge on any atom is -0.506 e. The number of anilines is 1. The number of hydrogen-bond donors (Lipinski definition) is 2. The first-order valence-electron chi connectivity index (χ1n) is 7.46. The van der Waals surface area contributed by atoms with E-state index >= 15 is 0 Å². The van der Waals surface area contributed by atoms with Crippen LogP contribution in [0.25, 0.3) is 11.3 Å². The van der Waals surface area contributed by atoms with E-state index in [9.17, 15) is 5.11 Å². The molecule has 6 nitrogen and oxygen atoms in total. The third kappa shape index (κ3) is 2.85. The summed E-state index contributed by atoms with van der Waals surface area (Å²) < 4.78 is 6.07. The lowest BCUT2D eigenvalue weighted by molar-refractivity contribution is 0.225. The Balaban J connectivity index is 1.89. The number of thioether (sulfide) groups is 1. The molecule has 1 aromatic heterocycles. The Hall–Kier alpha value is -2.51. The van der Waals surface area contributed by atoms with Gasteiger partial charge in [-0.2, -0.15) is 4.98 Å². The van der Waals surface area contributed by atoms with Gasteiger partial charge in [-0.1, -0.05) is 53.7 Å². The van der Waals surface area contributed by atoms with Crippen LogP contribution in [0.1, 0.15) is 11.8 Å². The number of phenols is 1. The Labute approximate surface area is 153 Å². The van der Waals surface area contributed by atoms with E-state index in [1.165, 1.54) is 17.8 Å². The fraction of sp³-hybridized carbons (Fsp3) is 0.118. The van der Waals surface area contributed by atoms with Crippen LogP contribution < -0.4 is 10.1 Å². The number of para-hydroxylation sites is 1. The number of benzene rings is 2. The van der Waals surface area contributed by atoms with Gasteiger partial charge in [-0.25, -0.2) is 0 Å². The Morgan fingerprint density at radius 2 is 2.00 bits per heavy atom. The summed E-state index contributed by atoms with van der Waals surface area (Å²) in [6, 6.07) is 12.7. The van der Waals surface area contributed by atoms with Crippen LogP contribution >= 0.6 is 23.4 Å². The summed E-state index contributed by atoms with van der Waals surface area (Å²) >= 11 is 7.65. The number of nitrogens with zero attached hydrogens (tertiary/aromatic N) is 3. The van der Waals surface area contributed by atoms with Gasteiger partial charge in [0, 0.05) is 16.8 Å². The van der Waals surface area contributed by atoms with Crippen molar-refractivity contribution in [3.8, 4) is 22.9 Å². The van der Waals surface area contributed by atoms with Gasteiger partial charge in [0.2, 0.25) is 11.0 Å². The fourth-order valence-electron chi connectivity index (χ4n) is 2.61. The summed E-state index contributed by atoms with van der Waals surface area (Å²) in [4.78, 5) is 4.44. The van der Waals surface area contributed by atoms with Gasteiger partial charge in [0.1, 0.15) is 5.75 Å². The van der Waals surface area contributed by atoms with Gasteiger partial charge in [0.15, 0.2) is 11.9 Å². The number of aromatic hydroxyl groups is 1. The number of nitrogens with one attached hydrogen (secondary N) is 1. The highest BCUT2D eigenvalue weighted by atomic mass is 35.5. The summed E-state index contributed by atoms with van der Waals surface area (Å²) in [5.41, 5.74) is 2.82. The van der Waals surface area contributed by atoms with Crippen molar-refractivity contribution in [2.75, 3.05) is 11.6 Å². The van der Waals surface area contributed by atoms with Crippen molar-refractivity contribution in [1.29, 1.82) is 0 Å². The summed E-state index contributed by atoms with van der Waals surface area (Å²) in [5.74, 6) is 0.356. The largest absolute Gasteiger partial charge is 0.506 e. The third-order valence-electron chi connectivity index (χ3n) is 3.81. The number of phenolic OH excluding ortho intramolecular Hbond substituents is 1. The van der Waals surface area contributed by atoms with Crippen LogP contribution in [-0.2, 0) is 0 Å². The van der Waals surface area contributed by atoms with Crippen molar-refractivity contribution in [2.45, 2.75) is 11.4 Å². The molecule has 2 N–H and O–H groups in total. The Bertz CT molecular complexity index is 954. The highest BCUT2D eigenvalue weighted by Crippen LogP contribution is 2.41. The van der Waals surface area contributed by atoms with E-state index in [0.29, 0.717) is 22.3 Å². The van der Waals surface area contributed by atoms with Crippen molar-refractivity contribution in [3.63, 3.8) is 0 Å². The summed E-state index contributed by atoms with van der Waals surface area (Å²) in [6.45, 7) is 0. The van der Waals surface area contributed by atoms with Crippen LogP contribution in [0.4, 0.5) is 5.69 Å². The summed E-state index contributed by atoms with van der Waals surface area (Å²) in [7, 11) is 0. The minimum atomic E-state index is -0.631. The van der Waals surface area contributed by atoms with Crippen LogP contribution in [0.15, 0.2) is 47.6 Å². The molecule has 1 atom stereocenters. The van der Waals surface area contributed by atoms with Crippen molar-refractivity contribution in [1.82, 2.24) is 15.2 Å². The van der Waals surface area contributed by atoms with E-state index in [2.05, 4.69) is 20.5 Å². The second-order valence-corrected chi connectivity index (χ2v) is 6.47. The number of rotatable bonds is 2. The predicted octanol–water partition coefficient (Wildman–Crippen LogP) is 4.12. The fourth-order valence-corrected chi connectivity index (χ4v) is 3.14. The summed E-state index contributed by atoms with van der Waals surface area (Å²) in [6.07, 6.45) is 1.24. The van der Waals surface area contributed by atoms with Gasteiger partial charge in [0.05, 0.1) is 5.02 Å². The van der Waals surface area contributed by atoms with Crippen LogP contribution in [0, 0.1) is 0 Å². The lowest BCUT2D eigenvalue weighted by Gasteiger charge is -2.20. The minimum absolute atomic E-state index is 0.00654. The molecule has 0 amide bonds. The average molecular weight is 373 g/mol. The van der Waals surface area contributed by atoms with Crippen molar-refractivity contribution >= 4 is 29.1 Å². The molecule has 126 valence electrons. The molecule has 0 aliphatic carbocycles. The van der Waals surface area contributed by atoms with Crippen LogP contribution in [-0.4, -0.2) is 26.5 Å². The van der Waals surface area contributed by atoms with Gasteiger partial charge in [-0.15, -0.1) is 10.2 Å². The Morgan fingerprint density at radius 1 is 1.16 bits per heavy atom. The zero-order valence-corrected chi connectivity index (χ0v) is 14.7. The van der Waals surface area contributed by atoms with E-state index in [1.54, 1.807) is 12.1 Å². The van der Waals surface area contributed by atoms with Crippen LogP contribution in [0.2, 0.25) is 5.02 Å². The number of halogens is 1. The smallest absolute Gasteiger partial charge is 0.247 e. The SMILES string of the molecule is CSc1nnc2c(n1)O[C@H](c1cccc(O)c1Cl)Nc1ccccc1-2. The molecule has 1 aliphatic rings. The van der Waals surface area contributed by atoms with Crippen molar-refractivity contribution < 1.29 is 9.84 Å². The zero-order chi connectivity index (χ0) is 17.4. The number of ether oxygens (including phenoxy) is 1. The highest BCUT2D eigenvalue weighted by Gasteiger charge is 2.27. The first kappa shape index (κ1) is 16.0. The molecule has 0 saturated carbocycles. The van der Waals surface area contributed by atoms with Crippen molar-refractivity contribution in [3.05, 3.63) is 53.1 Å². The normalized spacial score (nSPS) is 15.4. The van der Waals surface area contributed by atoms with E-state index in [1.807, 2.05) is 30.5 Å². The maximum atomic E-state index is 9.92. The molecule has 4 rings (SSSR count). The standard InChI is InChI=1S/C17H13ClN4O2S/c1-25-17-20-16-14(21-22-17)9-5-2-3-7-11(9)19-15(24-16)10-6-4-8-12(23)13(10)18/h2-8,15,19,23H,1H3/t15-/m1/s1. The maximum absolute atomic E-state index is 9.92. The predicted molar refractivity (Wildman–Crippen MR) is 97.2 cm³/mol. The molecule has 0 unspecified atom stereocenters. The maximum Gasteiger partial charge on any atom is 0.247 e. The van der Waals surface area contributed by atoms with Gasteiger partial charge in [-0.3, -0.25) is 0 Å². The second-order valence-electron chi connectivity index (χ2n) is 5.32. The van der Waals surface area contributed by atoms with E-state index in [4.69, 9.17) is 16.3 Å². The molecule has 2 heterocycles. The summed E-state index contributed by atoms with van der Waals surface area (Å²) in [5, 5.41) is 22.3. The molecular weight excluding hydrogens is 360 g/mol. The average Bonchev–Trinajstić information content (AvgIpc) is 2.80. The highest BCUT2D eigenvalue weighted by molar-refractivity contribution is 7.98. The molecule has 0 bridgehead atoms. The molecule has 3 aromatic rings. The Kier molecular flexibility index (Phi) is 4.10. The molecular formula is C17H13ClN4O2S. The van der Waals surface area contributed by atoms with E-state index in [0.717, 1.165) is 11.3 Å². The lowest BCUT2D eigenvalue weighted by atomic mass is 10.1. The van der Waals surface area contributed by atoms with Gasteiger partial charge < -0.3 is 15.2 Å². The second kappa shape index (κ2) is 6.42. The number of fused-ring (bicyclic) bond motifs is 3. The number of hydrogen-bond acceptors (Lipinski definition) is 7. The van der Waals surface area contributed by atoms with Gasteiger partial charge in [0.25, 0.3) is 0 Å². The quantitative estimate of drug-likeness (QED) is 0.655. The van der Waals surface area contributed by atoms with E-state index in [-0.39, 0.29) is 10.8 Å². The molecule has 2 aromatic carbocycles. The van der Waals surface area contributed by atoms with E-state index < -0.39 is 6.23 Å². The topological polar surface area (TPSA) is 80.2 Å². The molecule has 8 heteroatoms. The van der Waals surface area contributed by atoms with Crippen molar-refractivity contribution in [2.24, 2.45) is 0 Å². The monoisotopic (exact) mass is 372 g/mol. The first-order chi connectivity index (χ1) is 12.2. The molecule has 0 fully saturated rings. The Morgan fingerprint density at radius 3 is 2.84 bits per heavy atom. The molecule has 0 spiro atoms. The van der Waals surface area contributed by atoms with Gasteiger partial charge in [-0.05, 0) is 18.4 Å².